The molecule has 96 valence electrons. The van der Waals surface area contributed by atoms with E-state index in [9.17, 15) is 0 Å². The molecule has 2 aromatic rings. The van der Waals surface area contributed by atoms with Gasteiger partial charge < -0.3 is 5.73 Å². The molecule has 1 heterocycles. The van der Waals surface area contributed by atoms with Gasteiger partial charge in [-0.15, -0.1) is 5.10 Å². The minimum Gasteiger partial charge on any atom is -0.319 e. The smallest absolute Gasteiger partial charge is 0.0860 e. The number of hydrogen-bond donors (Lipinski definition) is 1. The largest absolute Gasteiger partial charge is 0.319 e. The summed E-state index contributed by atoms with van der Waals surface area (Å²) in [4.78, 5) is 0.982. The van der Waals surface area contributed by atoms with Gasteiger partial charge in [0.05, 0.1) is 16.6 Å². The van der Waals surface area contributed by atoms with Crippen LogP contribution in [0.3, 0.4) is 0 Å². The lowest BCUT2D eigenvalue weighted by molar-refractivity contribution is 0.556. The summed E-state index contributed by atoms with van der Waals surface area (Å²) < 4.78 is 4.03. The molecule has 0 amide bonds. The number of rotatable bonds is 2. The molecule has 1 atom stereocenters. The molecule has 0 bridgehead atoms. The minimum atomic E-state index is -0.270. The number of halogens is 1. The molecule has 0 aliphatic heterocycles. The van der Waals surface area contributed by atoms with E-state index in [4.69, 9.17) is 17.3 Å². The van der Waals surface area contributed by atoms with Crippen molar-refractivity contribution in [1.82, 2.24) is 9.59 Å². The molecule has 1 unspecified atom stereocenters. The molecule has 0 saturated heterocycles. The molecule has 2 rings (SSSR count). The lowest BCUT2D eigenvalue weighted by atomic mass is 9.89. The molecule has 1 aromatic heterocycles. The number of benzene rings is 1. The molecule has 0 fully saturated rings. The van der Waals surface area contributed by atoms with Crippen LogP contribution in [0.25, 0.3) is 0 Å². The van der Waals surface area contributed by atoms with Crippen LogP contribution < -0.4 is 5.73 Å². The van der Waals surface area contributed by atoms with Crippen molar-refractivity contribution in [1.29, 1.82) is 0 Å². The highest BCUT2D eigenvalue weighted by atomic mass is 35.5. The number of aromatic nitrogens is 2. The van der Waals surface area contributed by atoms with Crippen molar-refractivity contribution in [2.75, 3.05) is 0 Å². The monoisotopic (exact) mass is 281 g/mol. The van der Waals surface area contributed by atoms with E-state index >= 15 is 0 Å². The van der Waals surface area contributed by atoms with E-state index in [0.29, 0.717) is 5.02 Å². The summed E-state index contributed by atoms with van der Waals surface area (Å²) in [6.07, 6.45) is 0. The first-order valence-electron chi connectivity index (χ1n) is 5.74. The van der Waals surface area contributed by atoms with Crippen LogP contribution in [0.4, 0.5) is 0 Å². The number of nitrogens with two attached hydrogens (primary N) is 1. The molecule has 1 aromatic carbocycles. The average Bonchev–Trinajstić information content (AvgIpc) is 2.77. The van der Waals surface area contributed by atoms with Crippen molar-refractivity contribution < 1.29 is 0 Å². The molecule has 0 saturated carbocycles. The average molecular weight is 282 g/mol. The highest BCUT2D eigenvalue weighted by molar-refractivity contribution is 7.05. The summed E-state index contributed by atoms with van der Waals surface area (Å²) >= 11 is 7.53. The maximum atomic E-state index is 6.31. The maximum Gasteiger partial charge on any atom is 0.0860 e. The van der Waals surface area contributed by atoms with Crippen molar-refractivity contribution in [3.63, 3.8) is 0 Å². The van der Waals surface area contributed by atoms with Gasteiger partial charge in [-0.05, 0) is 23.2 Å². The fraction of sp³-hybridized carbons (Fsp3) is 0.385. The Hall–Kier alpha value is -0.970. The Morgan fingerprint density at radius 2 is 1.94 bits per heavy atom. The zero-order valence-corrected chi connectivity index (χ0v) is 12.2. The second-order valence-electron chi connectivity index (χ2n) is 5.23. The zero-order valence-electron chi connectivity index (χ0n) is 10.6. The second-order valence-corrected chi connectivity index (χ2v) is 6.43. The first-order valence-corrected chi connectivity index (χ1v) is 6.89. The van der Waals surface area contributed by atoms with Crippen molar-refractivity contribution in [2.24, 2.45) is 5.73 Å². The van der Waals surface area contributed by atoms with E-state index < -0.39 is 0 Å². The lowest BCUT2D eigenvalue weighted by Crippen LogP contribution is -2.19. The fourth-order valence-electron chi connectivity index (χ4n) is 1.79. The Bertz CT molecular complexity index is 545. The van der Waals surface area contributed by atoms with Crippen LogP contribution in [-0.4, -0.2) is 9.59 Å². The lowest BCUT2D eigenvalue weighted by Gasteiger charge is -2.20. The summed E-state index contributed by atoms with van der Waals surface area (Å²) in [5, 5.41) is 4.89. The van der Waals surface area contributed by atoms with Crippen LogP contribution in [-0.2, 0) is 5.41 Å². The first kappa shape index (κ1) is 13.5. The summed E-state index contributed by atoms with van der Waals surface area (Å²) in [6, 6.07) is 7.36. The summed E-state index contributed by atoms with van der Waals surface area (Å²) in [5.41, 5.74) is 8.09. The van der Waals surface area contributed by atoms with Crippen LogP contribution >= 0.6 is 23.1 Å². The molecule has 0 radical (unpaired) electrons. The third-order valence-corrected chi connectivity index (χ3v) is 3.90. The van der Waals surface area contributed by atoms with E-state index in [1.807, 2.05) is 24.3 Å². The molecular weight excluding hydrogens is 266 g/mol. The molecule has 3 nitrogen and oxygen atoms in total. The van der Waals surface area contributed by atoms with Crippen LogP contribution in [0.15, 0.2) is 24.3 Å². The van der Waals surface area contributed by atoms with Crippen molar-refractivity contribution >= 4 is 23.1 Å². The molecular formula is C13H16ClN3S. The third-order valence-electron chi connectivity index (χ3n) is 2.75. The Kier molecular flexibility index (Phi) is 3.71. The highest BCUT2D eigenvalue weighted by Crippen LogP contribution is 2.34. The van der Waals surface area contributed by atoms with E-state index in [1.165, 1.54) is 11.5 Å². The molecule has 0 aliphatic rings. The van der Waals surface area contributed by atoms with E-state index in [0.717, 1.165) is 16.1 Å². The van der Waals surface area contributed by atoms with Gasteiger partial charge in [-0.3, -0.25) is 0 Å². The van der Waals surface area contributed by atoms with Crippen molar-refractivity contribution in [2.45, 2.75) is 32.2 Å². The van der Waals surface area contributed by atoms with Crippen LogP contribution in [0.1, 0.15) is 42.9 Å². The normalized spacial score (nSPS) is 13.6. The van der Waals surface area contributed by atoms with Crippen molar-refractivity contribution in [3.8, 4) is 0 Å². The van der Waals surface area contributed by atoms with Gasteiger partial charge in [-0.2, -0.15) is 0 Å². The number of nitrogens with zero attached hydrogens (tertiary/aromatic N) is 2. The van der Waals surface area contributed by atoms with Gasteiger partial charge in [-0.1, -0.05) is 55.1 Å². The van der Waals surface area contributed by atoms with Gasteiger partial charge in [0.2, 0.25) is 0 Å². The molecule has 5 heteroatoms. The predicted molar refractivity (Wildman–Crippen MR) is 76.1 cm³/mol. The van der Waals surface area contributed by atoms with Gasteiger partial charge in [0, 0.05) is 10.4 Å². The number of hydrogen-bond acceptors (Lipinski definition) is 4. The molecule has 0 spiro atoms. The van der Waals surface area contributed by atoms with Crippen LogP contribution in [0.5, 0.6) is 0 Å². The summed E-state index contributed by atoms with van der Waals surface area (Å²) in [6.45, 7) is 6.31. The predicted octanol–water partition coefficient (Wildman–Crippen LogP) is 3.54. The van der Waals surface area contributed by atoms with Crippen LogP contribution in [0, 0.1) is 0 Å². The summed E-state index contributed by atoms with van der Waals surface area (Å²) in [7, 11) is 0. The van der Waals surface area contributed by atoms with Gasteiger partial charge in [0.25, 0.3) is 0 Å². The minimum absolute atomic E-state index is 0.0682. The summed E-state index contributed by atoms with van der Waals surface area (Å²) in [5.74, 6) is 0. The highest BCUT2D eigenvalue weighted by Gasteiger charge is 2.27. The Morgan fingerprint density at radius 3 is 2.56 bits per heavy atom. The van der Waals surface area contributed by atoms with Crippen molar-refractivity contribution in [3.05, 3.63) is 45.4 Å². The van der Waals surface area contributed by atoms with Gasteiger partial charge in [0.15, 0.2) is 0 Å². The first-order chi connectivity index (χ1) is 8.41. The second kappa shape index (κ2) is 4.96. The van der Waals surface area contributed by atoms with E-state index in [-0.39, 0.29) is 11.5 Å². The van der Waals surface area contributed by atoms with E-state index in [2.05, 4.69) is 30.4 Å². The van der Waals surface area contributed by atoms with E-state index in [1.54, 1.807) is 0 Å². The molecule has 18 heavy (non-hydrogen) atoms. The molecule has 2 N–H and O–H groups in total. The molecule has 0 aliphatic carbocycles. The van der Waals surface area contributed by atoms with Crippen LogP contribution in [0.2, 0.25) is 5.02 Å². The quantitative estimate of drug-likeness (QED) is 0.916. The van der Waals surface area contributed by atoms with Gasteiger partial charge in [0.1, 0.15) is 0 Å². The van der Waals surface area contributed by atoms with Gasteiger partial charge >= 0.3 is 0 Å². The zero-order chi connectivity index (χ0) is 13.3. The maximum absolute atomic E-state index is 6.31. The standard InChI is InChI=1S/C13H16ClN3S/c1-13(2,3)12-11(18-17-16-12)10(15)8-6-4-5-7-9(8)14/h4-7,10H,15H2,1-3H3. The SMILES string of the molecule is CC(C)(C)c1nnsc1C(N)c1ccccc1Cl. The van der Waals surface area contributed by atoms with Gasteiger partial charge in [-0.25, -0.2) is 0 Å². The fourth-order valence-corrected chi connectivity index (χ4v) is 2.93. The topological polar surface area (TPSA) is 51.8 Å². The Balaban J connectivity index is 2.45. The third kappa shape index (κ3) is 2.55. The Morgan fingerprint density at radius 1 is 1.28 bits per heavy atom. The Labute approximate surface area is 116 Å².